The van der Waals surface area contributed by atoms with Gasteiger partial charge in [-0.3, -0.25) is 9.59 Å². The molecular formula is C20H22ClFN2O2. The second kappa shape index (κ2) is 8.32. The zero-order chi connectivity index (χ0) is 19.3. The van der Waals surface area contributed by atoms with Crippen molar-refractivity contribution in [3.63, 3.8) is 0 Å². The molecule has 0 fully saturated rings. The lowest BCUT2D eigenvalue weighted by Gasteiger charge is -2.25. The van der Waals surface area contributed by atoms with Crippen molar-refractivity contribution in [1.82, 2.24) is 5.32 Å². The number of hydrogen-bond acceptors (Lipinski definition) is 2. The normalized spacial score (nSPS) is 11.1. The first-order chi connectivity index (χ1) is 12.2. The van der Waals surface area contributed by atoms with Crippen molar-refractivity contribution in [1.29, 1.82) is 0 Å². The number of carbonyl (C=O) groups is 2. The Morgan fingerprint density at radius 2 is 1.69 bits per heavy atom. The maximum Gasteiger partial charge on any atom is 0.259 e. The maximum atomic E-state index is 13.2. The molecule has 0 bridgehead atoms. The third kappa shape index (κ3) is 5.05. The van der Waals surface area contributed by atoms with Gasteiger partial charge in [-0.25, -0.2) is 4.39 Å². The highest BCUT2D eigenvalue weighted by Crippen LogP contribution is 2.22. The van der Waals surface area contributed by atoms with Crippen molar-refractivity contribution in [2.24, 2.45) is 5.41 Å². The van der Waals surface area contributed by atoms with Gasteiger partial charge in [0.25, 0.3) is 5.91 Å². The highest BCUT2D eigenvalue weighted by Gasteiger charge is 2.23. The number of carbonyl (C=O) groups excluding carboxylic acids is 2. The first-order valence-electron chi connectivity index (χ1n) is 8.30. The first kappa shape index (κ1) is 19.9. The van der Waals surface area contributed by atoms with E-state index in [2.05, 4.69) is 5.32 Å². The fourth-order valence-corrected chi connectivity index (χ4v) is 2.51. The van der Waals surface area contributed by atoms with Crippen molar-refractivity contribution < 1.29 is 14.0 Å². The third-order valence-electron chi connectivity index (χ3n) is 3.79. The fraction of sp³-hybridized carbons (Fsp3) is 0.300. The number of anilines is 1. The molecule has 0 aliphatic heterocycles. The molecule has 138 valence electrons. The smallest absolute Gasteiger partial charge is 0.259 e. The first-order valence-corrected chi connectivity index (χ1v) is 8.68. The fourth-order valence-electron chi connectivity index (χ4n) is 2.30. The summed E-state index contributed by atoms with van der Waals surface area (Å²) in [4.78, 5) is 26.5. The molecular weight excluding hydrogens is 355 g/mol. The van der Waals surface area contributed by atoms with Gasteiger partial charge in [0.05, 0.1) is 10.6 Å². The maximum absolute atomic E-state index is 13.2. The molecule has 0 saturated carbocycles. The summed E-state index contributed by atoms with van der Waals surface area (Å²) < 4.78 is 13.2. The minimum absolute atomic E-state index is 0.109. The molecule has 0 aliphatic carbocycles. The summed E-state index contributed by atoms with van der Waals surface area (Å²) in [7, 11) is 0. The Balaban J connectivity index is 2.22. The molecule has 2 amide bonds. The highest BCUT2D eigenvalue weighted by atomic mass is 35.5. The van der Waals surface area contributed by atoms with Crippen LogP contribution in [0.25, 0.3) is 0 Å². The van der Waals surface area contributed by atoms with Crippen LogP contribution in [0.2, 0.25) is 5.02 Å². The van der Waals surface area contributed by atoms with Gasteiger partial charge in [0.1, 0.15) is 5.82 Å². The van der Waals surface area contributed by atoms with Gasteiger partial charge in [0.2, 0.25) is 5.91 Å². The summed E-state index contributed by atoms with van der Waals surface area (Å²) >= 11 is 6.14. The van der Waals surface area contributed by atoms with Gasteiger partial charge in [-0.05, 0) is 36.4 Å². The quantitative estimate of drug-likeness (QED) is 0.846. The lowest BCUT2D eigenvalue weighted by Crippen LogP contribution is -2.42. The van der Waals surface area contributed by atoms with E-state index in [1.54, 1.807) is 24.3 Å². The van der Waals surface area contributed by atoms with E-state index in [4.69, 9.17) is 11.6 Å². The monoisotopic (exact) mass is 376 g/mol. The summed E-state index contributed by atoms with van der Waals surface area (Å²) in [5.41, 5.74) is 0.356. The molecule has 0 saturated heterocycles. The largest absolute Gasteiger partial charge is 0.354 e. The Morgan fingerprint density at radius 3 is 2.27 bits per heavy atom. The molecule has 4 nitrogen and oxygen atoms in total. The molecule has 2 rings (SSSR count). The second-order valence-corrected chi connectivity index (χ2v) is 7.33. The second-order valence-electron chi connectivity index (χ2n) is 6.92. The zero-order valence-electron chi connectivity index (χ0n) is 15.1. The average Bonchev–Trinajstić information content (AvgIpc) is 2.58. The standard InChI is InChI=1S/C20H22ClFN2O2/c1-20(2,3)19(26)23-12-13-24(15-10-8-14(22)9-11-15)18(25)16-6-4-5-7-17(16)21/h4-11H,12-13H2,1-3H3,(H,23,26). The Kier molecular flexibility index (Phi) is 6.37. The lowest BCUT2D eigenvalue weighted by atomic mass is 9.96. The van der Waals surface area contributed by atoms with Gasteiger partial charge in [0, 0.05) is 24.2 Å². The van der Waals surface area contributed by atoms with E-state index in [-0.39, 0.29) is 30.7 Å². The average molecular weight is 377 g/mol. The van der Waals surface area contributed by atoms with Crippen LogP contribution in [-0.2, 0) is 4.79 Å². The van der Waals surface area contributed by atoms with E-state index in [0.29, 0.717) is 16.3 Å². The predicted octanol–water partition coefficient (Wildman–Crippen LogP) is 4.29. The molecule has 0 spiro atoms. The van der Waals surface area contributed by atoms with Crippen molar-refractivity contribution in [2.75, 3.05) is 18.0 Å². The van der Waals surface area contributed by atoms with Crippen molar-refractivity contribution in [3.8, 4) is 0 Å². The van der Waals surface area contributed by atoms with Gasteiger partial charge < -0.3 is 10.2 Å². The number of halogens is 2. The summed E-state index contributed by atoms with van der Waals surface area (Å²) in [5, 5.41) is 3.15. The summed E-state index contributed by atoms with van der Waals surface area (Å²) in [6, 6.07) is 12.4. The molecule has 2 aromatic carbocycles. The summed E-state index contributed by atoms with van der Waals surface area (Å²) in [5.74, 6) is -0.811. The zero-order valence-corrected chi connectivity index (χ0v) is 15.8. The third-order valence-corrected chi connectivity index (χ3v) is 4.12. The molecule has 1 N–H and O–H groups in total. The number of hydrogen-bond donors (Lipinski definition) is 1. The van der Waals surface area contributed by atoms with Crippen molar-refractivity contribution >= 4 is 29.1 Å². The Bertz CT molecular complexity index is 785. The van der Waals surface area contributed by atoms with E-state index in [9.17, 15) is 14.0 Å². The molecule has 6 heteroatoms. The van der Waals surface area contributed by atoms with Crippen LogP contribution in [0.1, 0.15) is 31.1 Å². The molecule has 0 heterocycles. The van der Waals surface area contributed by atoms with Crippen LogP contribution in [0.4, 0.5) is 10.1 Å². The summed E-state index contributed by atoms with van der Waals surface area (Å²) in [6.07, 6.45) is 0. The minimum Gasteiger partial charge on any atom is -0.354 e. The molecule has 0 aromatic heterocycles. The van der Waals surface area contributed by atoms with E-state index in [1.165, 1.54) is 29.2 Å². The van der Waals surface area contributed by atoms with Crippen molar-refractivity contribution in [2.45, 2.75) is 20.8 Å². The van der Waals surface area contributed by atoms with Crippen LogP contribution in [0.5, 0.6) is 0 Å². The van der Waals surface area contributed by atoms with E-state index in [0.717, 1.165) is 0 Å². The molecule has 2 aromatic rings. The number of rotatable bonds is 5. The van der Waals surface area contributed by atoms with E-state index >= 15 is 0 Å². The highest BCUT2D eigenvalue weighted by molar-refractivity contribution is 6.34. The van der Waals surface area contributed by atoms with Crippen LogP contribution in [0.3, 0.4) is 0 Å². The molecule has 0 unspecified atom stereocenters. The van der Waals surface area contributed by atoms with Gasteiger partial charge in [-0.1, -0.05) is 44.5 Å². The van der Waals surface area contributed by atoms with Gasteiger partial charge in [-0.15, -0.1) is 0 Å². The molecule has 0 atom stereocenters. The van der Waals surface area contributed by atoms with Gasteiger partial charge in [-0.2, -0.15) is 0 Å². The minimum atomic E-state index is -0.520. The number of nitrogens with one attached hydrogen (secondary N) is 1. The van der Waals surface area contributed by atoms with E-state index < -0.39 is 5.41 Å². The lowest BCUT2D eigenvalue weighted by molar-refractivity contribution is -0.128. The van der Waals surface area contributed by atoms with Crippen LogP contribution in [-0.4, -0.2) is 24.9 Å². The Hall–Kier alpha value is -2.40. The molecule has 26 heavy (non-hydrogen) atoms. The van der Waals surface area contributed by atoms with Crippen LogP contribution in [0.15, 0.2) is 48.5 Å². The molecule has 0 aliphatic rings. The number of benzene rings is 2. The Morgan fingerprint density at radius 1 is 1.08 bits per heavy atom. The predicted molar refractivity (Wildman–Crippen MR) is 102 cm³/mol. The Labute approximate surface area is 158 Å². The van der Waals surface area contributed by atoms with Gasteiger partial charge in [0.15, 0.2) is 0 Å². The van der Waals surface area contributed by atoms with E-state index in [1.807, 2.05) is 20.8 Å². The summed E-state index contributed by atoms with van der Waals surface area (Å²) in [6.45, 7) is 5.94. The SMILES string of the molecule is CC(C)(C)C(=O)NCCN(C(=O)c1ccccc1Cl)c1ccc(F)cc1. The van der Waals surface area contributed by atoms with Gasteiger partial charge >= 0.3 is 0 Å². The molecule has 0 radical (unpaired) electrons. The van der Waals surface area contributed by atoms with Crippen molar-refractivity contribution in [3.05, 3.63) is 64.9 Å². The topological polar surface area (TPSA) is 49.4 Å². The number of nitrogens with zero attached hydrogens (tertiary/aromatic N) is 1. The number of amides is 2. The van der Waals surface area contributed by atoms with Crippen LogP contribution < -0.4 is 10.2 Å². The van der Waals surface area contributed by atoms with Crippen LogP contribution in [0, 0.1) is 11.2 Å². The van der Waals surface area contributed by atoms with Crippen LogP contribution >= 0.6 is 11.6 Å².